The van der Waals surface area contributed by atoms with E-state index >= 15 is 0 Å². The Morgan fingerprint density at radius 2 is 2.12 bits per heavy atom. The number of rotatable bonds is 7. The molecule has 94 valence electrons. The molecule has 1 aromatic rings. The number of carbonyl (C=O) groups is 1. The van der Waals surface area contributed by atoms with Gasteiger partial charge in [-0.1, -0.05) is 18.2 Å². The van der Waals surface area contributed by atoms with E-state index in [0.29, 0.717) is 19.0 Å². The van der Waals surface area contributed by atoms with Crippen LogP contribution in [0.15, 0.2) is 29.2 Å². The topological polar surface area (TPSA) is 47.6 Å². The molecular formula is C12H17NO3S. The molecule has 5 heteroatoms. The summed E-state index contributed by atoms with van der Waals surface area (Å²) in [4.78, 5) is 17.4. The Morgan fingerprint density at radius 1 is 1.35 bits per heavy atom. The minimum atomic E-state index is -0.144. The van der Waals surface area contributed by atoms with Crippen LogP contribution in [0.3, 0.4) is 0 Å². The fourth-order valence-electron chi connectivity index (χ4n) is 1.15. The highest BCUT2D eigenvalue weighted by Crippen LogP contribution is 2.21. The molecule has 1 rings (SSSR count). The van der Waals surface area contributed by atoms with Gasteiger partial charge in [0.1, 0.15) is 0 Å². The highest BCUT2D eigenvalue weighted by Gasteiger charge is 2.04. The van der Waals surface area contributed by atoms with Crippen LogP contribution in [-0.2, 0) is 14.4 Å². The predicted molar refractivity (Wildman–Crippen MR) is 67.9 cm³/mol. The molecule has 0 saturated heterocycles. The Kier molecular flexibility index (Phi) is 6.69. The molecule has 0 bridgehead atoms. The van der Waals surface area contributed by atoms with Crippen molar-refractivity contribution in [2.45, 2.75) is 11.8 Å². The van der Waals surface area contributed by atoms with Crippen molar-refractivity contribution in [2.24, 2.45) is 0 Å². The number of nitrogens with one attached hydrogen (secondary N) is 1. The Labute approximate surface area is 106 Å². The molecule has 1 aromatic carbocycles. The lowest BCUT2D eigenvalue weighted by molar-refractivity contribution is -0.131. The van der Waals surface area contributed by atoms with Crippen LogP contribution in [0.2, 0.25) is 0 Å². The number of hydrogen-bond donors (Lipinski definition) is 1. The SMILES string of the molecule is COCCONC(=O)CSc1ccccc1C. The summed E-state index contributed by atoms with van der Waals surface area (Å²) < 4.78 is 4.79. The summed E-state index contributed by atoms with van der Waals surface area (Å²) in [6.07, 6.45) is 0. The first-order valence-electron chi connectivity index (χ1n) is 5.32. The molecule has 0 atom stereocenters. The third-order valence-electron chi connectivity index (χ3n) is 2.03. The van der Waals surface area contributed by atoms with Crippen molar-refractivity contribution in [1.29, 1.82) is 0 Å². The summed E-state index contributed by atoms with van der Waals surface area (Å²) in [5.74, 6) is 0.201. The van der Waals surface area contributed by atoms with E-state index in [1.807, 2.05) is 31.2 Å². The van der Waals surface area contributed by atoms with Gasteiger partial charge in [-0.3, -0.25) is 9.63 Å². The zero-order valence-electron chi connectivity index (χ0n) is 10.1. The Morgan fingerprint density at radius 3 is 2.82 bits per heavy atom. The monoisotopic (exact) mass is 255 g/mol. The molecule has 0 radical (unpaired) electrons. The van der Waals surface area contributed by atoms with Crippen molar-refractivity contribution in [3.8, 4) is 0 Å². The first kappa shape index (κ1) is 14.0. The molecule has 0 heterocycles. The van der Waals surface area contributed by atoms with Crippen molar-refractivity contribution in [3.63, 3.8) is 0 Å². The molecule has 1 N–H and O–H groups in total. The van der Waals surface area contributed by atoms with Gasteiger partial charge in [-0.25, -0.2) is 5.48 Å². The Hall–Kier alpha value is -1.04. The van der Waals surface area contributed by atoms with Crippen molar-refractivity contribution < 1.29 is 14.4 Å². The normalized spacial score (nSPS) is 10.2. The molecule has 0 aliphatic heterocycles. The van der Waals surface area contributed by atoms with Crippen LogP contribution in [0.25, 0.3) is 0 Å². The summed E-state index contributed by atoms with van der Waals surface area (Å²) >= 11 is 1.50. The van der Waals surface area contributed by atoms with E-state index in [0.717, 1.165) is 4.90 Å². The van der Waals surface area contributed by atoms with Crippen molar-refractivity contribution in [1.82, 2.24) is 5.48 Å². The lowest BCUT2D eigenvalue weighted by Gasteiger charge is -2.06. The van der Waals surface area contributed by atoms with Gasteiger partial charge in [0.2, 0.25) is 0 Å². The van der Waals surface area contributed by atoms with Gasteiger partial charge in [0, 0.05) is 12.0 Å². The van der Waals surface area contributed by atoms with Crippen LogP contribution in [0.5, 0.6) is 0 Å². The first-order chi connectivity index (χ1) is 8.24. The van der Waals surface area contributed by atoms with E-state index in [4.69, 9.17) is 9.57 Å². The van der Waals surface area contributed by atoms with Gasteiger partial charge < -0.3 is 4.74 Å². The third-order valence-corrected chi connectivity index (χ3v) is 3.20. The molecule has 0 unspecified atom stereocenters. The molecule has 0 spiro atoms. The number of carbonyl (C=O) groups excluding carboxylic acids is 1. The van der Waals surface area contributed by atoms with Crippen LogP contribution >= 0.6 is 11.8 Å². The molecule has 0 fully saturated rings. The van der Waals surface area contributed by atoms with E-state index < -0.39 is 0 Å². The van der Waals surface area contributed by atoms with E-state index in [9.17, 15) is 4.79 Å². The summed E-state index contributed by atoms with van der Waals surface area (Å²) in [6.45, 7) is 2.85. The zero-order valence-corrected chi connectivity index (χ0v) is 10.9. The highest BCUT2D eigenvalue weighted by molar-refractivity contribution is 8.00. The van der Waals surface area contributed by atoms with Crippen molar-refractivity contribution in [3.05, 3.63) is 29.8 Å². The summed E-state index contributed by atoms with van der Waals surface area (Å²) in [5.41, 5.74) is 3.54. The van der Waals surface area contributed by atoms with Gasteiger partial charge in [-0.05, 0) is 18.6 Å². The second kappa shape index (κ2) is 8.11. The number of thioether (sulfide) groups is 1. The third kappa shape index (κ3) is 5.72. The van der Waals surface area contributed by atoms with Crippen LogP contribution < -0.4 is 5.48 Å². The maximum atomic E-state index is 11.4. The molecular weight excluding hydrogens is 238 g/mol. The Balaban J connectivity index is 2.22. The molecule has 0 aliphatic rings. The maximum absolute atomic E-state index is 11.4. The molecule has 4 nitrogen and oxygen atoms in total. The fourth-order valence-corrected chi connectivity index (χ4v) is 1.96. The fraction of sp³-hybridized carbons (Fsp3) is 0.417. The van der Waals surface area contributed by atoms with E-state index in [2.05, 4.69) is 5.48 Å². The first-order valence-corrected chi connectivity index (χ1v) is 6.30. The van der Waals surface area contributed by atoms with Crippen LogP contribution in [0.4, 0.5) is 0 Å². The second-order valence-electron chi connectivity index (χ2n) is 3.42. The average molecular weight is 255 g/mol. The summed E-state index contributed by atoms with van der Waals surface area (Å²) in [5, 5.41) is 0. The Bertz CT molecular complexity index is 357. The van der Waals surface area contributed by atoms with Gasteiger partial charge in [0.25, 0.3) is 5.91 Å². The standard InChI is InChI=1S/C12H17NO3S/c1-10-5-3-4-6-11(10)17-9-12(14)13-16-8-7-15-2/h3-6H,7-9H2,1-2H3,(H,13,14). The minimum absolute atomic E-state index is 0.144. The van der Waals surface area contributed by atoms with Gasteiger partial charge >= 0.3 is 0 Å². The summed E-state index contributed by atoms with van der Waals surface area (Å²) in [7, 11) is 1.58. The van der Waals surface area contributed by atoms with Gasteiger partial charge in [-0.2, -0.15) is 0 Å². The molecule has 0 aromatic heterocycles. The van der Waals surface area contributed by atoms with Crippen LogP contribution in [0, 0.1) is 6.92 Å². The zero-order chi connectivity index (χ0) is 12.5. The van der Waals surface area contributed by atoms with E-state index in [1.54, 1.807) is 7.11 Å². The number of hydrogen-bond acceptors (Lipinski definition) is 4. The van der Waals surface area contributed by atoms with E-state index in [1.165, 1.54) is 17.3 Å². The van der Waals surface area contributed by atoms with Crippen LogP contribution in [0.1, 0.15) is 5.56 Å². The van der Waals surface area contributed by atoms with Crippen molar-refractivity contribution >= 4 is 17.7 Å². The molecule has 17 heavy (non-hydrogen) atoms. The predicted octanol–water partition coefficient (Wildman–Crippen LogP) is 1.78. The lowest BCUT2D eigenvalue weighted by Crippen LogP contribution is -2.26. The number of ether oxygens (including phenoxy) is 1. The number of benzene rings is 1. The number of aryl methyl sites for hydroxylation is 1. The minimum Gasteiger partial charge on any atom is -0.382 e. The van der Waals surface area contributed by atoms with Gasteiger partial charge in [0.05, 0.1) is 19.0 Å². The quantitative estimate of drug-likeness (QED) is 0.458. The number of methoxy groups -OCH3 is 1. The second-order valence-corrected chi connectivity index (χ2v) is 4.44. The van der Waals surface area contributed by atoms with E-state index in [-0.39, 0.29) is 5.91 Å². The maximum Gasteiger partial charge on any atom is 0.253 e. The van der Waals surface area contributed by atoms with Gasteiger partial charge in [-0.15, -0.1) is 11.8 Å². The summed E-state index contributed by atoms with van der Waals surface area (Å²) in [6, 6.07) is 7.96. The van der Waals surface area contributed by atoms with Crippen LogP contribution in [-0.4, -0.2) is 32.0 Å². The number of hydroxylamine groups is 1. The van der Waals surface area contributed by atoms with Crippen molar-refractivity contribution in [2.75, 3.05) is 26.1 Å². The number of amides is 1. The smallest absolute Gasteiger partial charge is 0.253 e. The molecule has 0 aliphatic carbocycles. The molecule has 0 saturated carbocycles. The average Bonchev–Trinajstić information content (AvgIpc) is 2.34. The highest BCUT2D eigenvalue weighted by atomic mass is 32.2. The van der Waals surface area contributed by atoms with Gasteiger partial charge in [0.15, 0.2) is 0 Å². The lowest BCUT2D eigenvalue weighted by atomic mass is 10.2. The molecule has 1 amide bonds. The largest absolute Gasteiger partial charge is 0.382 e.